The minimum Gasteiger partial charge on any atom is -0.467 e. The van der Waals surface area contributed by atoms with E-state index in [0.29, 0.717) is 6.42 Å². The maximum Gasteiger partial charge on any atom is 0.340 e. The minimum absolute atomic E-state index is 0.218. The number of hydrogen-bond acceptors (Lipinski definition) is 4. The summed E-state index contributed by atoms with van der Waals surface area (Å²) in [5, 5.41) is 18.0. The number of carbonyl (C=O) groups excluding carboxylic acids is 1. The Labute approximate surface area is 65.8 Å². The molecule has 1 unspecified atom stereocenters. The van der Waals surface area contributed by atoms with Gasteiger partial charge < -0.3 is 14.9 Å². The second kappa shape index (κ2) is 4.31. The molecule has 0 aromatic rings. The second-order valence-corrected chi connectivity index (χ2v) is 2.43. The molecule has 0 saturated carbocycles. The van der Waals surface area contributed by atoms with Crippen LogP contribution < -0.4 is 0 Å². The summed E-state index contributed by atoms with van der Waals surface area (Å²) in [6.45, 7) is 1.22. The Kier molecular flexibility index (Phi) is 4.07. The van der Waals surface area contributed by atoms with E-state index in [9.17, 15) is 9.90 Å². The fourth-order valence-corrected chi connectivity index (χ4v) is 0.849. The lowest BCUT2D eigenvalue weighted by molar-refractivity contribution is -0.167. The van der Waals surface area contributed by atoms with Gasteiger partial charge in [0.25, 0.3) is 0 Å². The normalized spacial score (nSPS) is 15.6. The Morgan fingerprint density at radius 3 is 2.45 bits per heavy atom. The van der Waals surface area contributed by atoms with Crippen LogP contribution in [0.3, 0.4) is 0 Å². The van der Waals surface area contributed by atoms with Crippen LogP contribution in [0.25, 0.3) is 0 Å². The standard InChI is InChI=1S/C7H14O4/c1-3-4-7(10,5-8)6(9)11-2/h8,10H,3-5H2,1-2H3. The van der Waals surface area contributed by atoms with Crippen LogP contribution in [0, 0.1) is 0 Å². The molecule has 2 N–H and O–H groups in total. The van der Waals surface area contributed by atoms with Gasteiger partial charge in [0.1, 0.15) is 0 Å². The number of aliphatic hydroxyl groups is 2. The van der Waals surface area contributed by atoms with Crippen LogP contribution >= 0.6 is 0 Å². The summed E-state index contributed by atoms with van der Waals surface area (Å²) in [4.78, 5) is 10.8. The van der Waals surface area contributed by atoms with Crippen LogP contribution in [-0.4, -0.2) is 35.5 Å². The molecule has 0 radical (unpaired) electrons. The van der Waals surface area contributed by atoms with Crippen molar-refractivity contribution in [3.8, 4) is 0 Å². The maximum atomic E-state index is 10.8. The van der Waals surface area contributed by atoms with Gasteiger partial charge in [-0.3, -0.25) is 0 Å². The van der Waals surface area contributed by atoms with Crippen molar-refractivity contribution in [2.24, 2.45) is 0 Å². The lowest BCUT2D eigenvalue weighted by Crippen LogP contribution is -2.43. The number of rotatable bonds is 4. The van der Waals surface area contributed by atoms with Gasteiger partial charge in [0, 0.05) is 0 Å². The molecule has 66 valence electrons. The number of methoxy groups -OCH3 is 1. The van der Waals surface area contributed by atoms with Gasteiger partial charge >= 0.3 is 5.97 Å². The van der Waals surface area contributed by atoms with Crippen molar-refractivity contribution in [3.05, 3.63) is 0 Å². The highest BCUT2D eigenvalue weighted by Crippen LogP contribution is 2.13. The average molecular weight is 162 g/mol. The van der Waals surface area contributed by atoms with Crippen LogP contribution in [-0.2, 0) is 9.53 Å². The van der Waals surface area contributed by atoms with Crippen molar-refractivity contribution in [1.82, 2.24) is 0 Å². The summed E-state index contributed by atoms with van der Waals surface area (Å²) in [6.07, 6.45) is 0.836. The highest BCUT2D eigenvalue weighted by Gasteiger charge is 2.35. The Bertz CT molecular complexity index is 134. The number of aliphatic hydroxyl groups excluding tert-OH is 1. The Morgan fingerprint density at radius 1 is 1.64 bits per heavy atom. The molecular formula is C7H14O4. The van der Waals surface area contributed by atoms with Gasteiger partial charge in [0.2, 0.25) is 0 Å². The van der Waals surface area contributed by atoms with Gasteiger partial charge in [0.15, 0.2) is 5.60 Å². The van der Waals surface area contributed by atoms with Crippen LogP contribution in [0.5, 0.6) is 0 Å². The topological polar surface area (TPSA) is 66.8 Å². The van der Waals surface area contributed by atoms with Gasteiger partial charge in [-0.05, 0) is 6.42 Å². The average Bonchev–Trinajstić information content (AvgIpc) is 2.03. The number of hydrogen-bond donors (Lipinski definition) is 2. The van der Waals surface area contributed by atoms with Crippen LogP contribution in [0.15, 0.2) is 0 Å². The van der Waals surface area contributed by atoms with E-state index in [1.165, 1.54) is 7.11 Å². The van der Waals surface area contributed by atoms with Gasteiger partial charge in [0.05, 0.1) is 13.7 Å². The molecular weight excluding hydrogens is 148 g/mol. The maximum absolute atomic E-state index is 10.8. The van der Waals surface area contributed by atoms with Crippen molar-refractivity contribution in [3.63, 3.8) is 0 Å². The lowest BCUT2D eigenvalue weighted by atomic mass is 10.00. The fraction of sp³-hybridized carbons (Fsp3) is 0.857. The Hall–Kier alpha value is -0.610. The molecule has 0 aliphatic carbocycles. The van der Waals surface area contributed by atoms with E-state index >= 15 is 0 Å². The molecule has 0 amide bonds. The van der Waals surface area contributed by atoms with Crippen LogP contribution in [0.4, 0.5) is 0 Å². The zero-order chi connectivity index (χ0) is 8.91. The van der Waals surface area contributed by atoms with E-state index in [0.717, 1.165) is 0 Å². The highest BCUT2D eigenvalue weighted by molar-refractivity contribution is 5.79. The first-order valence-corrected chi connectivity index (χ1v) is 3.52. The van der Waals surface area contributed by atoms with E-state index in [1.807, 2.05) is 6.92 Å². The monoisotopic (exact) mass is 162 g/mol. The third-order valence-electron chi connectivity index (χ3n) is 1.49. The van der Waals surface area contributed by atoms with Gasteiger partial charge in [-0.1, -0.05) is 13.3 Å². The fourth-order valence-electron chi connectivity index (χ4n) is 0.849. The summed E-state index contributed by atoms with van der Waals surface area (Å²) < 4.78 is 4.31. The quantitative estimate of drug-likeness (QED) is 0.556. The van der Waals surface area contributed by atoms with Gasteiger partial charge in [-0.25, -0.2) is 4.79 Å². The molecule has 0 spiro atoms. The lowest BCUT2D eigenvalue weighted by Gasteiger charge is -2.21. The molecule has 0 rings (SSSR count). The number of carbonyl (C=O) groups is 1. The number of ether oxygens (including phenoxy) is 1. The van der Waals surface area contributed by atoms with Crippen LogP contribution in [0.2, 0.25) is 0 Å². The first-order chi connectivity index (χ1) is 5.10. The molecule has 0 aromatic carbocycles. The summed E-state index contributed by atoms with van der Waals surface area (Å²) in [5.74, 6) is -0.776. The van der Waals surface area contributed by atoms with Crippen LogP contribution in [0.1, 0.15) is 19.8 Å². The van der Waals surface area contributed by atoms with Crippen molar-refractivity contribution >= 4 is 5.97 Å². The largest absolute Gasteiger partial charge is 0.467 e. The predicted molar refractivity (Wildman–Crippen MR) is 39.0 cm³/mol. The molecule has 0 saturated heterocycles. The summed E-state index contributed by atoms with van der Waals surface area (Å²) in [6, 6.07) is 0. The van der Waals surface area contributed by atoms with Crippen molar-refractivity contribution in [2.45, 2.75) is 25.4 Å². The van der Waals surface area contributed by atoms with Crippen molar-refractivity contribution in [2.75, 3.05) is 13.7 Å². The molecule has 0 aromatic heterocycles. The molecule has 0 aliphatic heterocycles. The van der Waals surface area contributed by atoms with E-state index < -0.39 is 18.2 Å². The third kappa shape index (κ3) is 2.48. The Morgan fingerprint density at radius 2 is 2.18 bits per heavy atom. The first kappa shape index (κ1) is 10.4. The third-order valence-corrected chi connectivity index (χ3v) is 1.49. The first-order valence-electron chi connectivity index (χ1n) is 3.52. The highest BCUT2D eigenvalue weighted by atomic mass is 16.5. The molecule has 0 fully saturated rings. The van der Waals surface area contributed by atoms with Gasteiger partial charge in [-0.2, -0.15) is 0 Å². The van der Waals surface area contributed by atoms with E-state index in [-0.39, 0.29) is 6.42 Å². The summed E-state index contributed by atoms with van der Waals surface area (Å²) >= 11 is 0. The van der Waals surface area contributed by atoms with E-state index in [4.69, 9.17) is 5.11 Å². The summed E-state index contributed by atoms with van der Waals surface area (Å²) in [5.41, 5.74) is -1.70. The van der Waals surface area contributed by atoms with E-state index in [2.05, 4.69) is 4.74 Å². The van der Waals surface area contributed by atoms with E-state index in [1.54, 1.807) is 0 Å². The smallest absolute Gasteiger partial charge is 0.340 e. The number of esters is 1. The Balaban J connectivity index is 4.19. The van der Waals surface area contributed by atoms with Crippen molar-refractivity contribution in [1.29, 1.82) is 0 Å². The predicted octanol–water partition coefficient (Wildman–Crippen LogP) is -0.317. The molecule has 4 nitrogen and oxygen atoms in total. The zero-order valence-electron chi connectivity index (χ0n) is 6.83. The SMILES string of the molecule is CCCC(O)(CO)C(=O)OC. The molecule has 4 heteroatoms. The molecule has 0 heterocycles. The molecule has 11 heavy (non-hydrogen) atoms. The van der Waals surface area contributed by atoms with Crippen molar-refractivity contribution < 1.29 is 19.7 Å². The molecule has 1 atom stereocenters. The summed E-state index contributed by atoms with van der Waals surface area (Å²) in [7, 11) is 1.18. The molecule has 0 bridgehead atoms. The minimum atomic E-state index is -1.70. The van der Waals surface area contributed by atoms with Gasteiger partial charge in [-0.15, -0.1) is 0 Å². The second-order valence-electron chi connectivity index (χ2n) is 2.43. The zero-order valence-corrected chi connectivity index (χ0v) is 6.83. The molecule has 0 aliphatic rings.